The molecule has 5 heteroatoms. The van der Waals surface area contributed by atoms with E-state index in [0.717, 1.165) is 18.3 Å². The van der Waals surface area contributed by atoms with Gasteiger partial charge in [-0.3, -0.25) is 0 Å². The van der Waals surface area contributed by atoms with Crippen LogP contribution in [-0.2, 0) is 13.1 Å². The average molecular weight is 279 g/mol. The Morgan fingerprint density at radius 1 is 1.25 bits per heavy atom. The molecule has 1 N–H and O–H groups in total. The van der Waals surface area contributed by atoms with Crippen LogP contribution in [0.5, 0.6) is 0 Å². The van der Waals surface area contributed by atoms with Gasteiger partial charge in [-0.05, 0) is 30.2 Å². The molecule has 0 aliphatic carbocycles. The zero-order valence-corrected chi connectivity index (χ0v) is 11.7. The van der Waals surface area contributed by atoms with E-state index in [4.69, 9.17) is 0 Å². The standard InChI is InChI=1S/C15H19F2N3/c1-11(2)6-18-7-13-8-19-10-20(13)9-12-3-4-14(16)15(17)5-12/h3-5,8,10-11,18H,6-7,9H2,1-2H3. The van der Waals surface area contributed by atoms with Gasteiger partial charge in [0.2, 0.25) is 0 Å². The van der Waals surface area contributed by atoms with E-state index >= 15 is 0 Å². The van der Waals surface area contributed by atoms with E-state index in [1.54, 1.807) is 18.6 Å². The summed E-state index contributed by atoms with van der Waals surface area (Å²) in [6, 6.07) is 3.96. The Bertz CT molecular complexity index is 564. The van der Waals surface area contributed by atoms with E-state index in [1.165, 1.54) is 6.07 Å². The fourth-order valence-electron chi connectivity index (χ4n) is 1.96. The summed E-state index contributed by atoms with van der Waals surface area (Å²) in [5, 5.41) is 3.34. The van der Waals surface area contributed by atoms with Crippen LogP contribution in [0.15, 0.2) is 30.7 Å². The Morgan fingerprint density at radius 3 is 2.75 bits per heavy atom. The minimum atomic E-state index is -0.821. The van der Waals surface area contributed by atoms with Gasteiger partial charge in [-0.15, -0.1) is 0 Å². The lowest BCUT2D eigenvalue weighted by atomic mass is 10.2. The van der Waals surface area contributed by atoms with Crippen molar-refractivity contribution in [1.29, 1.82) is 0 Å². The molecule has 2 aromatic rings. The summed E-state index contributed by atoms with van der Waals surface area (Å²) in [6.45, 7) is 6.41. The highest BCUT2D eigenvalue weighted by molar-refractivity contribution is 5.19. The van der Waals surface area contributed by atoms with Crippen molar-refractivity contribution in [1.82, 2.24) is 14.9 Å². The van der Waals surface area contributed by atoms with Gasteiger partial charge in [0.05, 0.1) is 12.0 Å². The normalized spacial score (nSPS) is 11.2. The predicted octanol–water partition coefficient (Wildman–Crippen LogP) is 2.96. The van der Waals surface area contributed by atoms with Crippen molar-refractivity contribution in [2.75, 3.05) is 6.54 Å². The molecular weight excluding hydrogens is 260 g/mol. The first-order valence-corrected chi connectivity index (χ1v) is 6.70. The highest BCUT2D eigenvalue weighted by Gasteiger charge is 2.06. The second-order valence-electron chi connectivity index (χ2n) is 5.29. The molecule has 108 valence electrons. The zero-order chi connectivity index (χ0) is 14.5. The monoisotopic (exact) mass is 279 g/mol. The predicted molar refractivity (Wildman–Crippen MR) is 74.2 cm³/mol. The number of hydrogen-bond donors (Lipinski definition) is 1. The molecule has 1 aromatic carbocycles. The van der Waals surface area contributed by atoms with Crippen LogP contribution in [0.1, 0.15) is 25.1 Å². The molecule has 0 aliphatic heterocycles. The van der Waals surface area contributed by atoms with Crippen molar-refractivity contribution >= 4 is 0 Å². The van der Waals surface area contributed by atoms with Gasteiger partial charge in [-0.25, -0.2) is 13.8 Å². The summed E-state index contributed by atoms with van der Waals surface area (Å²) >= 11 is 0. The lowest BCUT2D eigenvalue weighted by Gasteiger charge is -2.11. The van der Waals surface area contributed by atoms with E-state index in [-0.39, 0.29) is 0 Å². The molecule has 0 aliphatic rings. The van der Waals surface area contributed by atoms with Crippen LogP contribution in [0.4, 0.5) is 8.78 Å². The SMILES string of the molecule is CC(C)CNCc1cncn1Cc1ccc(F)c(F)c1. The number of hydrogen-bond acceptors (Lipinski definition) is 2. The summed E-state index contributed by atoms with van der Waals surface area (Å²) in [5.41, 5.74) is 1.74. The Hall–Kier alpha value is -1.75. The third-order valence-electron chi connectivity index (χ3n) is 2.99. The van der Waals surface area contributed by atoms with Crippen LogP contribution >= 0.6 is 0 Å². The molecule has 0 bridgehead atoms. The van der Waals surface area contributed by atoms with Crippen LogP contribution in [0.2, 0.25) is 0 Å². The highest BCUT2D eigenvalue weighted by Crippen LogP contribution is 2.11. The van der Waals surface area contributed by atoms with Gasteiger partial charge in [0.15, 0.2) is 11.6 Å². The van der Waals surface area contributed by atoms with Crippen molar-refractivity contribution in [3.05, 3.63) is 53.6 Å². The molecule has 0 atom stereocenters. The Kier molecular flexibility index (Phi) is 4.84. The molecule has 3 nitrogen and oxygen atoms in total. The van der Waals surface area contributed by atoms with Crippen LogP contribution in [0, 0.1) is 17.6 Å². The molecule has 20 heavy (non-hydrogen) atoms. The van der Waals surface area contributed by atoms with Crippen molar-refractivity contribution < 1.29 is 8.78 Å². The molecule has 1 aromatic heterocycles. The fraction of sp³-hybridized carbons (Fsp3) is 0.400. The molecule has 0 fully saturated rings. The first-order chi connectivity index (χ1) is 9.56. The Morgan fingerprint density at radius 2 is 2.05 bits per heavy atom. The highest BCUT2D eigenvalue weighted by atomic mass is 19.2. The minimum Gasteiger partial charge on any atom is -0.329 e. The average Bonchev–Trinajstić information content (AvgIpc) is 2.81. The Labute approximate surface area is 117 Å². The van der Waals surface area contributed by atoms with E-state index in [2.05, 4.69) is 24.1 Å². The molecule has 0 amide bonds. The summed E-state index contributed by atoms with van der Waals surface area (Å²) in [7, 11) is 0. The van der Waals surface area contributed by atoms with Gasteiger partial charge < -0.3 is 9.88 Å². The lowest BCUT2D eigenvalue weighted by molar-refractivity contribution is 0.505. The summed E-state index contributed by atoms with van der Waals surface area (Å²) < 4.78 is 28.0. The largest absolute Gasteiger partial charge is 0.329 e. The van der Waals surface area contributed by atoms with Crippen molar-refractivity contribution in [2.24, 2.45) is 5.92 Å². The van der Waals surface area contributed by atoms with Gasteiger partial charge in [0, 0.05) is 19.3 Å². The van der Waals surface area contributed by atoms with E-state index in [0.29, 0.717) is 24.6 Å². The second-order valence-corrected chi connectivity index (χ2v) is 5.29. The summed E-state index contributed by atoms with van der Waals surface area (Å²) in [5.74, 6) is -1.06. The third-order valence-corrected chi connectivity index (χ3v) is 2.99. The molecule has 0 unspecified atom stereocenters. The molecule has 0 radical (unpaired) electrons. The topological polar surface area (TPSA) is 29.9 Å². The number of aromatic nitrogens is 2. The van der Waals surface area contributed by atoms with Gasteiger partial charge in [0.1, 0.15) is 0 Å². The van der Waals surface area contributed by atoms with Crippen LogP contribution < -0.4 is 5.32 Å². The lowest BCUT2D eigenvalue weighted by Crippen LogP contribution is -2.20. The van der Waals surface area contributed by atoms with E-state index in [9.17, 15) is 8.78 Å². The second kappa shape index (κ2) is 6.61. The molecule has 0 saturated carbocycles. The number of nitrogens with one attached hydrogen (secondary N) is 1. The fourth-order valence-corrected chi connectivity index (χ4v) is 1.96. The number of nitrogens with zero attached hydrogens (tertiary/aromatic N) is 2. The third kappa shape index (κ3) is 3.87. The van der Waals surface area contributed by atoms with Crippen molar-refractivity contribution in [3.8, 4) is 0 Å². The molecule has 0 saturated heterocycles. The maximum atomic E-state index is 13.2. The number of benzene rings is 1. The number of halogens is 2. The quantitative estimate of drug-likeness (QED) is 0.881. The smallest absolute Gasteiger partial charge is 0.159 e. The Balaban J connectivity index is 2.02. The van der Waals surface area contributed by atoms with E-state index in [1.807, 2.05) is 4.57 Å². The number of imidazole rings is 1. The summed E-state index contributed by atoms with van der Waals surface area (Å²) in [6.07, 6.45) is 3.49. The van der Waals surface area contributed by atoms with Gasteiger partial charge in [-0.1, -0.05) is 19.9 Å². The van der Waals surface area contributed by atoms with Gasteiger partial charge >= 0.3 is 0 Å². The maximum absolute atomic E-state index is 13.2. The zero-order valence-electron chi connectivity index (χ0n) is 11.7. The summed E-state index contributed by atoms with van der Waals surface area (Å²) in [4.78, 5) is 4.11. The first kappa shape index (κ1) is 14.7. The molecule has 1 heterocycles. The molecular formula is C15H19F2N3. The van der Waals surface area contributed by atoms with Crippen LogP contribution in [0.25, 0.3) is 0 Å². The van der Waals surface area contributed by atoms with Crippen molar-refractivity contribution in [3.63, 3.8) is 0 Å². The van der Waals surface area contributed by atoms with E-state index < -0.39 is 11.6 Å². The minimum absolute atomic E-state index is 0.482. The van der Waals surface area contributed by atoms with Gasteiger partial charge in [-0.2, -0.15) is 0 Å². The van der Waals surface area contributed by atoms with Crippen molar-refractivity contribution in [2.45, 2.75) is 26.9 Å². The molecule has 2 rings (SSSR count). The van der Waals surface area contributed by atoms with Gasteiger partial charge in [0.25, 0.3) is 0 Å². The molecule has 0 spiro atoms. The maximum Gasteiger partial charge on any atom is 0.159 e. The first-order valence-electron chi connectivity index (χ1n) is 6.70. The number of rotatable bonds is 6. The van der Waals surface area contributed by atoms with Crippen LogP contribution in [-0.4, -0.2) is 16.1 Å². The van der Waals surface area contributed by atoms with Crippen LogP contribution in [0.3, 0.4) is 0 Å².